The van der Waals surface area contributed by atoms with E-state index < -0.39 is 0 Å². The van der Waals surface area contributed by atoms with Crippen LogP contribution in [0.15, 0.2) is 24.3 Å². The van der Waals surface area contributed by atoms with E-state index >= 15 is 0 Å². The van der Waals surface area contributed by atoms with E-state index in [1.54, 1.807) is 12.1 Å². The van der Waals surface area contributed by atoms with Crippen LogP contribution < -0.4 is 4.74 Å². The van der Waals surface area contributed by atoms with Gasteiger partial charge in [-0.05, 0) is 80.0 Å². The minimum Gasteiger partial charge on any atom is -0.494 e. The molecule has 1 aromatic rings. The molecule has 0 amide bonds. The number of hydrogen-bond acceptors (Lipinski definition) is 1. The molecule has 158 valence electrons. The van der Waals surface area contributed by atoms with Crippen molar-refractivity contribution in [1.82, 2.24) is 0 Å². The molecule has 0 N–H and O–H groups in total. The van der Waals surface area contributed by atoms with Crippen LogP contribution >= 0.6 is 0 Å². The number of hydrogen-bond donors (Lipinski definition) is 0. The monoisotopic (exact) mass is 388 g/mol. The van der Waals surface area contributed by atoms with Crippen molar-refractivity contribution in [2.75, 3.05) is 6.61 Å². The topological polar surface area (TPSA) is 9.23 Å². The molecule has 2 saturated carbocycles. The average molecular weight is 389 g/mol. The first-order valence-electron chi connectivity index (χ1n) is 12.1. The Balaban J connectivity index is 1.38. The second kappa shape index (κ2) is 11.8. The first-order valence-corrected chi connectivity index (χ1v) is 12.1. The van der Waals surface area contributed by atoms with E-state index in [0.29, 0.717) is 0 Å². The van der Waals surface area contributed by atoms with Crippen molar-refractivity contribution in [2.45, 2.75) is 96.8 Å². The zero-order chi connectivity index (χ0) is 19.6. The summed E-state index contributed by atoms with van der Waals surface area (Å²) in [6, 6.07) is 6.42. The molecular formula is C26H41FO. The molecule has 2 atom stereocenters. The van der Waals surface area contributed by atoms with Crippen LogP contribution in [0.1, 0.15) is 96.8 Å². The maximum Gasteiger partial charge on any atom is 0.123 e. The molecule has 0 aliphatic heterocycles. The summed E-state index contributed by atoms with van der Waals surface area (Å²) in [5.74, 6) is 4.49. The van der Waals surface area contributed by atoms with Gasteiger partial charge in [0.05, 0.1) is 6.61 Å². The van der Waals surface area contributed by atoms with E-state index in [1.807, 2.05) is 0 Å². The lowest BCUT2D eigenvalue weighted by atomic mass is 9.65. The van der Waals surface area contributed by atoms with E-state index in [1.165, 1.54) is 95.6 Å². The normalized spacial score (nSPS) is 28.2. The van der Waals surface area contributed by atoms with Crippen LogP contribution in [0.2, 0.25) is 0 Å². The summed E-state index contributed by atoms with van der Waals surface area (Å²) in [7, 11) is 0. The Morgan fingerprint density at radius 2 is 1.61 bits per heavy atom. The third-order valence-electron chi connectivity index (χ3n) is 7.48. The Hall–Kier alpha value is -1.05. The minimum atomic E-state index is -0.197. The quantitative estimate of drug-likeness (QED) is 0.367. The molecule has 2 unspecified atom stereocenters. The number of unbranched alkanes of at least 4 members (excludes halogenated alkanes) is 2. The standard InChI is InChI=1S/C26H41FO/c1-2-3-4-8-21-12-14-23(15-13-21)26-11-6-5-9-22(26)10-7-20-28-25-18-16-24(27)17-19-25/h16-19,21-23,26H,2-15,20H2,1H3. The van der Waals surface area contributed by atoms with E-state index in [0.717, 1.165) is 42.4 Å². The van der Waals surface area contributed by atoms with Gasteiger partial charge in [-0.3, -0.25) is 0 Å². The fourth-order valence-corrected chi connectivity index (χ4v) is 5.87. The first-order chi connectivity index (χ1) is 13.8. The molecule has 0 aromatic heterocycles. The Morgan fingerprint density at radius 3 is 2.36 bits per heavy atom. The van der Waals surface area contributed by atoms with Crippen LogP contribution in [0, 0.1) is 29.5 Å². The van der Waals surface area contributed by atoms with Gasteiger partial charge in [0.2, 0.25) is 0 Å². The van der Waals surface area contributed by atoms with Crippen molar-refractivity contribution in [3.8, 4) is 5.75 Å². The second-order valence-electron chi connectivity index (χ2n) is 9.43. The Labute approximate surface area is 172 Å². The third kappa shape index (κ3) is 6.78. The Kier molecular flexibility index (Phi) is 9.15. The van der Waals surface area contributed by atoms with Crippen molar-refractivity contribution in [3.05, 3.63) is 30.1 Å². The lowest BCUT2D eigenvalue weighted by Crippen LogP contribution is -2.30. The molecule has 1 aromatic carbocycles. The van der Waals surface area contributed by atoms with Gasteiger partial charge in [-0.15, -0.1) is 0 Å². The summed E-state index contributed by atoms with van der Waals surface area (Å²) in [6.07, 6.45) is 19.9. The summed E-state index contributed by atoms with van der Waals surface area (Å²) >= 11 is 0. The number of halogens is 1. The highest BCUT2D eigenvalue weighted by molar-refractivity contribution is 5.21. The van der Waals surface area contributed by atoms with Gasteiger partial charge in [0.15, 0.2) is 0 Å². The Bertz CT molecular complexity index is 532. The van der Waals surface area contributed by atoms with E-state index in [9.17, 15) is 4.39 Å². The van der Waals surface area contributed by atoms with Crippen molar-refractivity contribution in [3.63, 3.8) is 0 Å². The van der Waals surface area contributed by atoms with E-state index in [-0.39, 0.29) is 5.82 Å². The second-order valence-corrected chi connectivity index (χ2v) is 9.43. The lowest BCUT2D eigenvalue weighted by molar-refractivity contribution is 0.100. The van der Waals surface area contributed by atoms with Crippen LogP contribution in [0.5, 0.6) is 5.75 Å². The van der Waals surface area contributed by atoms with Crippen molar-refractivity contribution in [2.24, 2.45) is 23.7 Å². The molecule has 2 aliphatic rings. The highest BCUT2D eigenvalue weighted by Crippen LogP contribution is 2.45. The molecule has 28 heavy (non-hydrogen) atoms. The number of benzene rings is 1. The predicted molar refractivity (Wildman–Crippen MR) is 116 cm³/mol. The van der Waals surface area contributed by atoms with Gasteiger partial charge in [0.25, 0.3) is 0 Å². The van der Waals surface area contributed by atoms with Crippen molar-refractivity contribution >= 4 is 0 Å². The van der Waals surface area contributed by atoms with Crippen LogP contribution in [-0.4, -0.2) is 6.61 Å². The third-order valence-corrected chi connectivity index (χ3v) is 7.48. The summed E-state index contributed by atoms with van der Waals surface area (Å²) in [6.45, 7) is 3.07. The van der Waals surface area contributed by atoms with Crippen LogP contribution in [0.3, 0.4) is 0 Å². The summed E-state index contributed by atoms with van der Waals surface area (Å²) in [4.78, 5) is 0. The van der Waals surface area contributed by atoms with E-state index in [4.69, 9.17) is 4.74 Å². The van der Waals surface area contributed by atoms with Gasteiger partial charge in [0.1, 0.15) is 11.6 Å². The maximum absolute atomic E-state index is 13.0. The summed E-state index contributed by atoms with van der Waals surface area (Å²) in [5.41, 5.74) is 0. The summed E-state index contributed by atoms with van der Waals surface area (Å²) in [5, 5.41) is 0. The zero-order valence-electron chi connectivity index (χ0n) is 18.0. The average Bonchev–Trinajstić information content (AvgIpc) is 2.74. The molecule has 2 fully saturated rings. The van der Waals surface area contributed by atoms with Gasteiger partial charge >= 0.3 is 0 Å². The van der Waals surface area contributed by atoms with Gasteiger partial charge in [-0.1, -0.05) is 64.7 Å². The molecule has 0 saturated heterocycles. The molecule has 0 heterocycles. The molecular weight excluding hydrogens is 347 g/mol. The van der Waals surface area contributed by atoms with Gasteiger partial charge in [-0.25, -0.2) is 4.39 Å². The molecule has 2 heteroatoms. The highest BCUT2D eigenvalue weighted by atomic mass is 19.1. The maximum atomic E-state index is 13.0. The molecule has 3 rings (SSSR count). The molecule has 2 aliphatic carbocycles. The minimum absolute atomic E-state index is 0.197. The molecule has 1 nitrogen and oxygen atoms in total. The number of rotatable bonds is 10. The molecule has 0 spiro atoms. The largest absolute Gasteiger partial charge is 0.494 e. The fourth-order valence-electron chi connectivity index (χ4n) is 5.87. The SMILES string of the molecule is CCCCCC1CCC(C2CCCCC2CCCOc2ccc(F)cc2)CC1. The van der Waals surface area contributed by atoms with Crippen molar-refractivity contribution in [1.29, 1.82) is 0 Å². The van der Waals surface area contributed by atoms with Crippen LogP contribution in [0.25, 0.3) is 0 Å². The molecule has 0 bridgehead atoms. The van der Waals surface area contributed by atoms with Crippen molar-refractivity contribution < 1.29 is 9.13 Å². The van der Waals surface area contributed by atoms with Crippen LogP contribution in [0.4, 0.5) is 4.39 Å². The van der Waals surface area contributed by atoms with Crippen LogP contribution in [-0.2, 0) is 0 Å². The smallest absolute Gasteiger partial charge is 0.123 e. The highest BCUT2D eigenvalue weighted by Gasteiger charge is 2.33. The lowest BCUT2D eigenvalue weighted by Gasteiger charge is -2.41. The number of ether oxygens (including phenoxy) is 1. The zero-order valence-corrected chi connectivity index (χ0v) is 18.0. The fraction of sp³-hybridized carbons (Fsp3) is 0.769. The Morgan fingerprint density at radius 1 is 0.857 bits per heavy atom. The molecule has 0 radical (unpaired) electrons. The summed E-state index contributed by atoms with van der Waals surface area (Å²) < 4.78 is 18.8. The van der Waals surface area contributed by atoms with Gasteiger partial charge < -0.3 is 4.74 Å². The van der Waals surface area contributed by atoms with Gasteiger partial charge in [0, 0.05) is 0 Å². The predicted octanol–water partition coefficient (Wildman–Crippen LogP) is 8.18. The first kappa shape index (κ1) is 21.7. The van der Waals surface area contributed by atoms with E-state index in [2.05, 4.69) is 6.92 Å². The van der Waals surface area contributed by atoms with Gasteiger partial charge in [-0.2, -0.15) is 0 Å².